The minimum atomic E-state index is 0.757. The highest BCUT2D eigenvalue weighted by Crippen LogP contribution is 2.10. The van der Waals surface area contributed by atoms with E-state index in [0.29, 0.717) is 0 Å². The van der Waals surface area contributed by atoms with Crippen molar-refractivity contribution in [3.8, 4) is 0 Å². The van der Waals surface area contributed by atoms with Gasteiger partial charge in [-0.05, 0) is 24.6 Å². The molecule has 19 heavy (non-hydrogen) atoms. The maximum absolute atomic E-state index is 4.44. The van der Waals surface area contributed by atoms with Crippen molar-refractivity contribution in [2.24, 2.45) is 10.2 Å². The summed E-state index contributed by atoms with van der Waals surface area (Å²) < 4.78 is 0. The fourth-order valence-electron chi connectivity index (χ4n) is 1.96. The van der Waals surface area contributed by atoms with Crippen molar-refractivity contribution in [1.82, 2.24) is 21.1 Å². The van der Waals surface area contributed by atoms with Crippen LogP contribution >= 0.6 is 0 Å². The SMILES string of the molecule is Cc1ccc(CN(C)C2=NN3NNN=C3C=C2)cc1. The molecule has 0 aromatic heterocycles. The van der Waals surface area contributed by atoms with E-state index >= 15 is 0 Å². The second kappa shape index (κ2) is 4.74. The van der Waals surface area contributed by atoms with Crippen LogP contribution < -0.4 is 11.1 Å². The Labute approximate surface area is 112 Å². The summed E-state index contributed by atoms with van der Waals surface area (Å²) in [7, 11) is 2.02. The van der Waals surface area contributed by atoms with Crippen LogP contribution in [-0.2, 0) is 6.54 Å². The van der Waals surface area contributed by atoms with Crippen molar-refractivity contribution < 1.29 is 0 Å². The van der Waals surface area contributed by atoms with Crippen molar-refractivity contribution in [2.75, 3.05) is 7.05 Å². The predicted octanol–water partition coefficient (Wildman–Crippen LogP) is 0.948. The van der Waals surface area contributed by atoms with E-state index in [-0.39, 0.29) is 0 Å². The maximum Gasteiger partial charge on any atom is 0.189 e. The maximum atomic E-state index is 4.44. The van der Waals surface area contributed by atoms with Gasteiger partial charge in [-0.1, -0.05) is 29.8 Å². The van der Waals surface area contributed by atoms with Gasteiger partial charge in [-0.25, -0.2) is 5.53 Å². The first-order valence-corrected chi connectivity index (χ1v) is 6.14. The lowest BCUT2D eigenvalue weighted by Gasteiger charge is -2.23. The summed E-state index contributed by atoms with van der Waals surface area (Å²) in [6.07, 6.45) is 3.87. The predicted molar refractivity (Wildman–Crippen MR) is 74.8 cm³/mol. The van der Waals surface area contributed by atoms with Crippen LogP contribution in [0.15, 0.2) is 46.6 Å². The number of hydrogen-bond acceptors (Lipinski definition) is 6. The minimum Gasteiger partial charge on any atom is -0.354 e. The van der Waals surface area contributed by atoms with Crippen LogP contribution in [0, 0.1) is 6.92 Å². The van der Waals surface area contributed by atoms with E-state index in [1.165, 1.54) is 11.1 Å². The van der Waals surface area contributed by atoms with Crippen molar-refractivity contribution >= 4 is 11.7 Å². The third kappa shape index (κ3) is 2.43. The zero-order valence-corrected chi connectivity index (χ0v) is 11.0. The highest BCUT2D eigenvalue weighted by molar-refractivity contribution is 6.05. The molecule has 2 aliphatic heterocycles. The van der Waals surface area contributed by atoms with Crippen molar-refractivity contribution in [3.05, 3.63) is 47.5 Å². The average molecular weight is 256 g/mol. The molecule has 6 nitrogen and oxygen atoms in total. The number of aryl methyl sites for hydroxylation is 1. The Balaban J connectivity index is 1.71. The van der Waals surface area contributed by atoms with E-state index in [1.807, 2.05) is 19.2 Å². The number of hydrazine groups is 2. The van der Waals surface area contributed by atoms with Crippen molar-refractivity contribution in [1.29, 1.82) is 0 Å². The summed E-state index contributed by atoms with van der Waals surface area (Å²) in [4.78, 5) is 2.10. The summed E-state index contributed by atoms with van der Waals surface area (Å²) in [5.74, 6) is 1.64. The second-order valence-corrected chi connectivity index (χ2v) is 4.64. The fraction of sp³-hybridized carbons (Fsp3) is 0.231. The molecule has 0 saturated carbocycles. The molecule has 0 atom stereocenters. The fourth-order valence-corrected chi connectivity index (χ4v) is 1.96. The normalized spacial score (nSPS) is 16.6. The van der Waals surface area contributed by atoms with Crippen LogP contribution in [0.3, 0.4) is 0 Å². The molecule has 3 rings (SSSR count). The van der Waals surface area contributed by atoms with Gasteiger partial charge in [0.05, 0.1) is 0 Å². The molecule has 2 heterocycles. The number of hydrazone groups is 2. The number of benzene rings is 1. The molecule has 6 heteroatoms. The summed E-state index contributed by atoms with van der Waals surface area (Å²) in [6, 6.07) is 8.53. The Morgan fingerprint density at radius 2 is 2.00 bits per heavy atom. The van der Waals surface area contributed by atoms with Gasteiger partial charge in [-0.3, -0.25) is 0 Å². The smallest absolute Gasteiger partial charge is 0.189 e. The second-order valence-electron chi connectivity index (χ2n) is 4.64. The van der Waals surface area contributed by atoms with Gasteiger partial charge in [0.25, 0.3) is 0 Å². The van der Waals surface area contributed by atoms with Gasteiger partial charge in [0.1, 0.15) is 0 Å². The van der Waals surface area contributed by atoms with E-state index in [9.17, 15) is 0 Å². The molecule has 0 saturated heterocycles. The van der Waals surface area contributed by atoms with Crippen LogP contribution in [0.4, 0.5) is 0 Å². The highest BCUT2D eigenvalue weighted by Gasteiger charge is 2.19. The van der Waals surface area contributed by atoms with Crippen molar-refractivity contribution in [2.45, 2.75) is 13.5 Å². The standard InChI is InChI=1S/C13H16N6/c1-10-3-5-11(6-4-10)9-18(2)13-8-7-12-14-16-17-19(12)15-13/h3-8,16-17H,9H2,1-2H3. The first kappa shape index (κ1) is 11.7. The number of likely N-dealkylation sites (N-methyl/N-ethyl adjacent to an activating group) is 1. The lowest BCUT2D eigenvalue weighted by Crippen LogP contribution is -2.40. The first-order chi connectivity index (χ1) is 9.22. The summed E-state index contributed by atoms with van der Waals surface area (Å²) in [5.41, 5.74) is 8.03. The minimum absolute atomic E-state index is 0.757. The molecule has 1 aromatic carbocycles. The molecule has 0 bridgehead atoms. The van der Waals surface area contributed by atoms with Gasteiger partial charge in [0.15, 0.2) is 11.7 Å². The Kier molecular flexibility index (Phi) is 2.92. The van der Waals surface area contributed by atoms with E-state index < -0.39 is 0 Å². The number of nitrogens with zero attached hydrogens (tertiary/aromatic N) is 4. The molecule has 0 amide bonds. The van der Waals surface area contributed by atoms with E-state index in [0.717, 1.165) is 18.2 Å². The van der Waals surface area contributed by atoms with E-state index in [2.05, 4.69) is 57.4 Å². The Bertz CT molecular complexity index is 557. The third-order valence-electron chi connectivity index (χ3n) is 3.06. The van der Waals surface area contributed by atoms with Crippen LogP contribution in [0.1, 0.15) is 11.1 Å². The number of fused-ring (bicyclic) bond motifs is 1. The Morgan fingerprint density at radius 1 is 1.21 bits per heavy atom. The van der Waals surface area contributed by atoms with Gasteiger partial charge in [0, 0.05) is 13.6 Å². The lowest BCUT2D eigenvalue weighted by molar-refractivity contribution is 0.301. The average Bonchev–Trinajstić information content (AvgIpc) is 2.88. The molecule has 1 aromatic rings. The molecule has 0 spiro atoms. The van der Waals surface area contributed by atoms with Crippen LogP contribution in [0.2, 0.25) is 0 Å². The van der Waals surface area contributed by atoms with Crippen LogP contribution in [0.25, 0.3) is 0 Å². The number of amidine groups is 2. The molecular weight excluding hydrogens is 240 g/mol. The third-order valence-corrected chi connectivity index (χ3v) is 3.06. The van der Waals surface area contributed by atoms with E-state index in [1.54, 1.807) is 5.12 Å². The monoisotopic (exact) mass is 256 g/mol. The molecule has 0 fully saturated rings. The Hall–Kier alpha value is -2.34. The molecule has 0 aliphatic carbocycles. The van der Waals surface area contributed by atoms with Gasteiger partial charge in [-0.15, -0.1) is 15.7 Å². The zero-order valence-electron chi connectivity index (χ0n) is 11.0. The molecule has 2 aliphatic rings. The summed E-state index contributed by atoms with van der Waals surface area (Å²) in [5, 5.41) is 10.1. The van der Waals surface area contributed by atoms with Crippen LogP contribution in [0.5, 0.6) is 0 Å². The first-order valence-electron chi connectivity index (χ1n) is 6.14. The highest BCUT2D eigenvalue weighted by atomic mass is 15.9. The summed E-state index contributed by atoms with van der Waals surface area (Å²) >= 11 is 0. The Morgan fingerprint density at radius 3 is 2.79 bits per heavy atom. The molecule has 98 valence electrons. The van der Waals surface area contributed by atoms with Crippen molar-refractivity contribution in [3.63, 3.8) is 0 Å². The van der Waals surface area contributed by atoms with E-state index in [4.69, 9.17) is 0 Å². The molecule has 0 radical (unpaired) electrons. The van der Waals surface area contributed by atoms with Gasteiger partial charge in [0.2, 0.25) is 0 Å². The lowest BCUT2D eigenvalue weighted by atomic mass is 10.1. The zero-order chi connectivity index (χ0) is 13.2. The molecular formula is C13H16N6. The quantitative estimate of drug-likeness (QED) is 0.827. The molecule has 2 N–H and O–H groups in total. The largest absolute Gasteiger partial charge is 0.354 e. The number of rotatable bonds is 2. The topological polar surface area (TPSA) is 55.3 Å². The van der Waals surface area contributed by atoms with Crippen LogP contribution in [-0.4, -0.2) is 28.7 Å². The van der Waals surface area contributed by atoms with Gasteiger partial charge >= 0.3 is 0 Å². The summed E-state index contributed by atoms with van der Waals surface area (Å²) in [6.45, 7) is 2.91. The number of nitrogens with one attached hydrogen (secondary N) is 2. The molecule has 0 unspecified atom stereocenters. The number of hydrogen-bond donors (Lipinski definition) is 2. The van der Waals surface area contributed by atoms with Gasteiger partial charge < -0.3 is 4.90 Å². The van der Waals surface area contributed by atoms with Gasteiger partial charge in [-0.2, -0.15) is 5.12 Å².